The van der Waals surface area contributed by atoms with Crippen molar-refractivity contribution in [3.05, 3.63) is 170 Å². The summed E-state index contributed by atoms with van der Waals surface area (Å²) in [5, 5.41) is 9.62. The first kappa shape index (κ1) is 26.0. The highest BCUT2D eigenvalue weighted by atomic mass is 16.3. The summed E-state index contributed by atoms with van der Waals surface area (Å²) in [6.07, 6.45) is 0. The van der Waals surface area contributed by atoms with Crippen LogP contribution in [0.2, 0.25) is 0 Å². The molecule has 0 saturated heterocycles. The Balaban J connectivity index is 1.18. The monoisotopic (exact) mass is 600 g/mol. The predicted octanol–water partition coefficient (Wildman–Crippen LogP) is 12.5. The van der Waals surface area contributed by atoms with Gasteiger partial charge >= 0.3 is 0 Å². The molecule has 0 amide bonds. The number of furan rings is 1. The van der Waals surface area contributed by atoms with Crippen LogP contribution in [-0.2, 0) is 0 Å². The van der Waals surface area contributed by atoms with Crippen LogP contribution in [0.5, 0.6) is 0 Å². The molecule has 0 aliphatic carbocycles. The van der Waals surface area contributed by atoms with Crippen molar-refractivity contribution in [2.24, 2.45) is 0 Å². The minimum atomic E-state index is 0.878. The largest absolute Gasteiger partial charge is 0.456 e. The number of aromatic nitrogens is 1. The van der Waals surface area contributed by atoms with Crippen molar-refractivity contribution in [1.29, 1.82) is 0 Å². The van der Waals surface area contributed by atoms with Gasteiger partial charge in [0.05, 0.1) is 22.1 Å². The molecule has 0 saturated carbocycles. The number of anilines is 3. The molecule has 0 atom stereocenters. The molecule has 2 heterocycles. The third-order valence-electron chi connectivity index (χ3n) is 9.50. The van der Waals surface area contributed by atoms with Crippen molar-refractivity contribution in [3.63, 3.8) is 0 Å². The Bertz CT molecular complexity index is 2790. The van der Waals surface area contributed by atoms with E-state index < -0.39 is 0 Å². The Morgan fingerprint density at radius 2 is 1.02 bits per heavy atom. The highest BCUT2D eigenvalue weighted by Gasteiger charge is 2.20. The lowest BCUT2D eigenvalue weighted by Gasteiger charge is -2.26. The number of hydrogen-bond donors (Lipinski definition) is 0. The molecule has 0 bridgehead atoms. The first-order valence-corrected chi connectivity index (χ1v) is 16.0. The van der Waals surface area contributed by atoms with E-state index in [4.69, 9.17) is 4.42 Å². The third-order valence-corrected chi connectivity index (χ3v) is 9.50. The molecular formula is C44H28N2O. The summed E-state index contributed by atoms with van der Waals surface area (Å²) in [4.78, 5) is 2.34. The van der Waals surface area contributed by atoms with Crippen LogP contribution in [0.3, 0.4) is 0 Å². The maximum atomic E-state index is 6.47. The van der Waals surface area contributed by atoms with E-state index in [1.165, 1.54) is 43.4 Å². The average molecular weight is 601 g/mol. The van der Waals surface area contributed by atoms with Gasteiger partial charge in [-0.3, -0.25) is 0 Å². The summed E-state index contributed by atoms with van der Waals surface area (Å²) in [6.45, 7) is 0. The van der Waals surface area contributed by atoms with Crippen LogP contribution < -0.4 is 4.90 Å². The zero-order valence-corrected chi connectivity index (χ0v) is 25.5. The van der Waals surface area contributed by atoms with Gasteiger partial charge in [0.2, 0.25) is 0 Å². The van der Waals surface area contributed by atoms with Crippen LogP contribution in [-0.4, -0.2) is 4.57 Å². The summed E-state index contributed by atoms with van der Waals surface area (Å²) in [5.41, 5.74) is 8.56. The van der Waals surface area contributed by atoms with Crippen LogP contribution in [0.4, 0.5) is 17.1 Å². The Morgan fingerprint density at radius 3 is 1.79 bits per heavy atom. The number of para-hydroxylation sites is 2. The van der Waals surface area contributed by atoms with Crippen molar-refractivity contribution in [2.45, 2.75) is 0 Å². The van der Waals surface area contributed by atoms with Gasteiger partial charge in [-0.15, -0.1) is 0 Å². The van der Waals surface area contributed by atoms with Gasteiger partial charge in [0.15, 0.2) is 0 Å². The van der Waals surface area contributed by atoms with Crippen molar-refractivity contribution in [2.75, 3.05) is 4.90 Å². The van der Waals surface area contributed by atoms with E-state index >= 15 is 0 Å². The minimum Gasteiger partial charge on any atom is -0.456 e. The van der Waals surface area contributed by atoms with Gasteiger partial charge in [-0.2, -0.15) is 0 Å². The van der Waals surface area contributed by atoms with Gasteiger partial charge in [0.25, 0.3) is 0 Å². The number of nitrogens with zero attached hydrogens (tertiary/aromatic N) is 2. The summed E-state index contributed by atoms with van der Waals surface area (Å²) < 4.78 is 8.87. The molecule has 2 aromatic heterocycles. The quantitative estimate of drug-likeness (QED) is 0.200. The highest BCUT2D eigenvalue weighted by molar-refractivity contribution is 6.16. The summed E-state index contributed by atoms with van der Waals surface area (Å²) in [6, 6.07) is 60.8. The summed E-state index contributed by atoms with van der Waals surface area (Å²) in [5.74, 6) is 0. The molecule has 0 unspecified atom stereocenters. The SMILES string of the molecule is c1ccc(N(c2ccc(-n3c4ccccc4c4cc5ccccc5cc43)cc2)c2cccc3oc4cc5ccccc5cc4c23)cc1. The number of hydrogen-bond acceptors (Lipinski definition) is 2. The predicted molar refractivity (Wildman–Crippen MR) is 198 cm³/mol. The average Bonchev–Trinajstić information content (AvgIpc) is 3.65. The summed E-state index contributed by atoms with van der Waals surface area (Å²) >= 11 is 0. The molecule has 8 aromatic carbocycles. The summed E-state index contributed by atoms with van der Waals surface area (Å²) in [7, 11) is 0. The number of rotatable bonds is 4. The highest BCUT2D eigenvalue weighted by Crippen LogP contribution is 2.44. The molecule has 10 aromatic rings. The topological polar surface area (TPSA) is 21.3 Å². The fraction of sp³-hybridized carbons (Fsp3) is 0. The van der Waals surface area contributed by atoms with Crippen molar-refractivity contribution >= 4 is 82.4 Å². The molecular weight excluding hydrogens is 572 g/mol. The number of fused-ring (bicyclic) bond motifs is 8. The van der Waals surface area contributed by atoms with Gasteiger partial charge < -0.3 is 13.9 Å². The van der Waals surface area contributed by atoms with E-state index in [-0.39, 0.29) is 0 Å². The molecule has 0 radical (unpaired) electrons. The second kappa shape index (κ2) is 10.1. The normalized spacial score (nSPS) is 11.8. The van der Waals surface area contributed by atoms with Crippen LogP contribution in [0.15, 0.2) is 174 Å². The minimum absolute atomic E-state index is 0.878. The van der Waals surface area contributed by atoms with Crippen LogP contribution in [0.25, 0.3) is 71.0 Å². The molecule has 0 fully saturated rings. The third kappa shape index (κ3) is 4.00. The molecule has 10 rings (SSSR count). The smallest absolute Gasteiger partial charge is 0.137 e. The molecule has 0 aliphatic rings. The second-order valence-corrected chi connectivity index (χ2v) is 12.2. The molecule has 47 heavy (non-hydrogen) atoms. The van der Waals surface area contributed by atoms with E-state index in [0.29, 0.717) is 0 Å². The molecule has 3 nitrogen and oxygen atoms in total. The fourth-order valence-electron chi connectivity index (χ4n) is 7.37. The van der Waals surface area contributed by atoms with Gasteiger partial charge in [-0.05, 0) is 100 Å². The van der Waals surface area contributed by atoms with Crippen LogP contribution in [0.1, 0.15) is 0 Å². The standard InChI is InChI=1S/C44H28N2O/c1-2-15-33(16-3-1)45(40-19-10-20-42-44(40)38-26-30-12-5-7-14-32(30)28-43(38)47-42)34-21-23-35(24-22-34)46-39-18-9-8-17-36(39)37-25-29-11-4-6-13-31(29)27-41(37)46/h1-28H. The lowest BCUT2D eigenvalue weighted by Crippen LogP contribution is -2.10. The molecule has 0 aliphatic heterocycles. The molecule has 220 valence electrons. The van der Waals surface area contributed by atoms with Crippen LogP contribution in [0, 0.1) is 0 Å². The Labute approximate surface area is 271 Å². The van der Waals surface area contributed by atoms with E-state index in [2.05, 4.69) is 179 Å². The maximum Gasteiger partial charge on any atom is 0.137 e. The first-order chi connectivity index (χ1) is 23.3. The zero-order chi connectivity index (χ0) is 30.9. The number of benzene rings is 8. The lowest BCUT2D eigenvalue weighted by atomic mass is 10.0. The van der Waals surface area contributed by atoms with E-state index in [1.54, 1.807) is 0 Å². The fourth-order valence-corrected chi connectivity index (χ4v) is 7.37. The van der Waals surface area contributed by atoms with E-state index in [0.717, 1.165) is 44.7 Å². The zero-order valence-electron chi connectivity index (χ0n) is 25.5. The molecule has 0 spiro atoms. The van der Waals surface area contributed by atoms with Gasteiger partial charge in [-0.25, -0.2) is 0 Å². The Hall–Kier alpha value is -6.32. The van der Waals surface area contributed by atoms with E-state index in [1.807, 2.05) is 0 Å². The van der Waals surface area contributed by atoms with Gasteiger partial charge in [-0.1, -0.05) is 91.0 Å². The Morgan fingerprint density at radius 1 is 0.404 bits per heavy atom. The van der Waals surface area contributed by atoms with Gasteiger partial charge in [0.1, 0.15) is 11.2 Å². The molecule has 3 heteroatoms. The van der Waals surface area contributed by atoms with Crippen molar-refractivity contribution in [3.8, 4) is 5.69 Å². The lowest BCUT2D eigenvalue weighted by molar-refractivity contribution is 0.669. The molecule has 0 N–H and O–H groups in total. The maximum absolute atomic E-state index is 6.47. The van der Waals surface area contributed by atoms with Gasteiger partial charge in [0, 0.05) is 33.2 Å². The van der Waals surface area contributed by atoms with Crippen molar-refractivity contribution in [1.82, 2.24) is 4.57 Å². The second-order valence-electron chi connectivity index (χ2n) is 12.2. The van der Waals surface area contributed by atoms with Crippen molar-refractivity contribution < 1.29 is 4.42 Å². The van der Waals surface area contributed by atoms with E-state index in [9.17, 15) is 0 Å². The van der Waals surface area contributed by atoms with Crippen LogP contribution >= 0.6 is 0 Å². The Kier molecular flexibility index (Phi) is 5.57. The first-order valence-electron chi connectivity index (χ1n) is 16.0.